The van der Waals surface area contributed by atoms with Gasteiger partial charge in [0.15, 0.2) is 0 Å². The minimum absolute atomic E-state index is 0.0431. The first kappa shape index (κ1) is 14.3. The molecule has 2 rings (SSSR count). The first-order chi connectivity index (χ1) is 9.25. The van der Waals surface area contributed by atoms with Crippen molar-refractivity contribution in [2.45, 2.75) is 63.5 Å². The average molecular weight is 267 g/mol. The van der Waals surface area contributed by atoms with Crippen LogP contribution >= 0.6 is 0 Å². The summed E-state index contributed by atoms with van der Waals surface area (Å²) in [5.41, 5.74) is 0. The first-order valence-corrected chi connectivity index (χ1v) is 7.56. The summed E-state index contributed by atoms with van der Waals surface area (Å²) in [6.45, 7) is 1.000. The molecule has 0 spiro atoms. The molecule has 1 aliphatic carbocycles. The minimum atomic E-state index is -0.115. The van der Waals surface area contributed by atoms with Crippen molar-refractivity contribution >= 4 is 11.8 Å². The molecule has 108 valence electrons. The van der Waals surface area contributed by atoms with Gasteiger partial charge in [-0.3, -0.25) is 9.59 Å². The largest absolute Gasteiger partial charge is 0.352 e. The molecule has 0 aromatic heterocycles. The Kier molecular flexibility index (Phi) is 5.63. The number of carbonyl (C=O) groups excluding carboxylic acids is 2. The van der Waals surface area contributed by atoms with Crippen molar-refractivity contribution in [3.8, 4) is 0 Å². The number of hydrogen-bond donors (Lipinski definition) is 3. The van der Waals surface area contributed by atoms with Crippen LogP contribution < -0.4 is 16.0 Å². The molecule has 1 atom stereocenters. The normalized spacial score (nSPS) is 24.7. The zero-order chi connectivity index (χ0) is 13.5. The Morgan fingerprint density at radius 2 is 1.74 bits per heavy atom. The van der Waals surface area contributed by atoms with Crippen LogP contribution in [0.3, 0.4) is 0 Å². The Bertz CT molecular complexity index is 308. The van der Waals surface area contributed by atoms with Crippen LogP contribution in [0.15, 0.2) is 0 Å². The lowest BCUT2D eigenvalue weighted by molar-refractivity contribution is -0.128. The molecule has 0 aromatic carbocycles. The number of rotatable bonds is 4. The smallest absolute Gasteiger partial charge is 0.239 e. The molecular weight excluding hydrogens is 242 g/mol. The van der Waals surface area contributed by atoms with E-state index in [-0.39, 0.29) is 24.4 Å². The quantitative estimate of drug-likeness (QED) is 0.702. The summed E-state index contributed by atoms with van der Waals surface area (Å²) >= 11 is 0. The lowest BCUT2D eigenvalue weighted by atomic mass is 9.95. The summed E-state index contributed by atoms with van der Waals surface area (Å²) in [4.78, 5) is 23.6. The van der Waals surface area contributed by atoms with Gasteiger partial charge in [0, 0.05) is 6.04 Å². The molecule has 2 aliphatic rings. The predicted molar refractivity (Wildman–Crippen MR) is 73.7 cm³/mol. The zero-order valence-electron chi connectivity index (χ0n) is 11.5. The van der Waals surface area contributed by atoms with E-state index in [4.69, 9.17) is 0 Å². The van der Waals surface area contributed by atoms with Crippen molar-refractivity contribution in [3.63, 3.8) is 0 Å². The van der Waals surface area contributed by atoms with Gasteiger partial charge < -0.3 is 16.0 Å². The predicted octanol–water partition coefficient (Wildman–Crippen LogP) is 0.694. The van der Waals surface area contributed by atoms with Crippen LogP contribution in [0.25, 0.3) is 0 Å². The maximum Gasteiger partial charge on any atom is 0.239 e. The highest BCUT2D eigenvalue weighted by Crippen LogP contribution is 2.17. The Hall–Kier alpha value is -1.10. The molecule has 1 unspecified atom stereocenters. The zero-order valence-corrected chi connectivity index (χ0v) is 11.5. The highest BCUT2D eigenvalue weighted by molar-refractivity contribution is 5.87. The number of hydrogen-bond acceptors (Lipinski definition) is 3. The van der Waals surface area contributed by atoms with Gasteiger partial charge in [0.1, 0.15) is 0 Å². The van der Waals surface area contributed by atoms with Gasteiger partial charge in [0.05, 0.1) is 12.6 Å². The summed E-state index contributed by atoms with van der Waals surface area (Å²) in [6, 6.07) is 0.196. The maximum atomic E-state index is 11.8. The Balaban J connectivity index is 1.63. The fraction of sp³-hybridized carbons (Fsp3) is 0.857. The second kappa shape index (κ2) is 7.48. The van der Waals surface area contributed by atoms with Crippen LogP contribution in [-0.4, -0.2) is 37.0 Å². The lowest BCUT2D eigenvalue weighted by Crippen LogP contribution is -2.50. The van der Waals surface area contributed by atoms with E-state index in [1.165, 1.54) is 19.3 Å². The third-order valence-electron chi connectivity index (χ3n) is 4.02. The highest BCUT2D eigenvalue weighted by Gasteiger charge is 2.21. The number of carbonyl (C=O) groups is 2. The van der Waals surface area contributed by atoms with E-state index < -0.39 is 0 Å². The summed E-state index contributed by atoms with van der Waals surface area (Å²) in [5, 5.41) is 8.91. The molecule has 2 amide bonds. The van der Waals surface area contributed by atoms with Gasteiger partial charge in [0.2, 0.25) is 11.8 Å². The molecule has 0 radical (unpaired) electrons. The third kappa shape index (κ3) is 4.82. The van der Waals surface area contributed by atoms with E-state index in [0.29, 0.717) is 6.04 Å². The number of nitrogens with one attached hydrogen (secondary N) is 3. The third-order valence-corrected chi connectivity index (χ3v) is 4.02. The van der Waals surface area contributed by atoms with Gasteiger partial charge in [-0.1, -0.05) is 25.7 Å². The molecule has 0 bridgehead atoms. The summed E-state index contributed by atoms with van der Waals surface area (Å²) in [7, 11) is 0. The van der Waals surface area contributed by atoms with Crippen molar-refractivity contribution in [2.75, 3.05) is 13.1 Å². The van der Waals surface area contributed by atoms with Crippen LogP contribution in [0.5, 0.6) is 0 Å². The molecule has 1 saturated heterocycles. The van der Waals surface area contributed by atoms with Gasteiger partial charge in [-0.15, -0.1) is 0 Å². The monoisotopic (exact) mass is 267 g/mol. The molecule has 0 aromatic rings. The van der Waals surface area contributed by atoms with Crippen LogP contribution in [0.4, 0.5) is 0 Å². The number of amides is 2. The van der Waals surface area contributed by atoms with Crippen molar-refractivity contribution in [2.24, 2.45) is 0 Å². The van der Waals surface area contributed by atoms with E-state index in [0.717, 1.165) is 38.6 Å². The average Bonchev–Trinajstić information content (AvgIpc) is 2.47. The van der Waals surface area contributed by atoms with E-state index in [1.807, 2.05) is 0 Å². The fourth-order valence-corrected chi connectivity index (χ4v) is 2.89. The lowest BCUT2D eigenvalue weighted by Gasteiger charge is -2.24. The summed E-state index contributed by atoms with van der Waals surface area (Å²) < 4.78 is 0. The van der Waals surface area contributed by atoms with E-state index in [9.17, 15) is 9.59 Å². The molecule has 1 aliphatic heterocycles. The Labute approximate surface area is 114 Å². The van der Waals surface area contributed by atoms with E-state index in [1.54, 1.807) is 0 Å². The fourth-order valence-electron chi connectivity index (χ4n) is 2.89. The van der Waals surface area contributed by atoms with Crippen LogP contribution in [0, 0.1) is 0 Å². The molecule has 19 heavy (non-hydrogen) atoms. The number of piperidine rings is 1. The highest BCUT2D eigenvalue weighted by atomic mass is 16.2. The molecule has 1 heterocycles. The summed E-state index contributed by atoms with van der Waals surface area (Å²) in [5.74, 6) is -0.102. The van der Waals surface area contributed by atoms with Gasteiger partial charge >= 0.3 is 0 Å². The molecule has 3 N–H and O–H groups in total. The Morgan fingerprint density at radius 1 is 1.00 bits per heavy atom. The van der Waals surface area contributed by atoms with Crippen molar-refractivity contribution in [1.29, 1.82) is 0 Å². The summed E-state index contributed by atoms with van der Waals surface area (Å²) in [6.07, 6.45) is 8.90. The minimum Gasteiger partial charge on any atom is -0.352 e. The van der Waals surface area contributed by atoms with Crippen LogP contribution in [0.2, 0.25) is 0 Å². The SMILES string of the molecule is O=C(CNC(=O)C1CCCCN1)NC1CCCCC1. The standard InChI is InChI=1S/C14H25N3O2/c18-13(17-11-6-2-1-3-7-11)10-16-14(19)12-8-4-5-9-15-12/h11-12,15H,1-10H2,(H,16,19)(H,17,18). The maximum absolute atomic E-state index is 11.8. The second-order valence-corrected chi connectivity index (χ2v) is 5.62. The molecule has 5 nitrogen and oxygen atoms in total. The topological polar surface area (TPSA) is 70.2 Å². The van der Waals surface area contributed by atoms with Crippen LogP contribution in [0.1, 0.15) is 51.4 Å². The van der Waals surface area contributed by atoms with Crippen molar-refractivity contribution in [3.05, 3.63) is 0 Å². The van der Waals surface area contributed by atoms with Crippen LogP contribution in [-0.2, 0) is 9.59 Å². The van der Waals surface area contributed by atoms with Crippen molar-refractivity contribution < 1.29 is 9.59 Å². The van der Waals surface area contributed by atoms with Gasteiger partial charge in [-0.2, -0.15) is 0 Å². The van der Waals surface area contributed by atoms with E-state index in [2.05, 4.69) is 16.0 Å². The van der Waals surface area contributed by atoms with Crippen molar-refractivity contribution in [1.82, 2.24) is 16.0 Å². The first-order valence-electron chi connectivity index (χ1n) is 7.56. The second-order valence-electron chi connectivity index (χ2n) is 5.62. The van der Waals surface area contributed by atoms with Gasteiger partial charge in [0.25, 0.3) is 0 Å². The Morgan fingerprint density at radius 3 is 2.42 bits per heavy atom. The molecular formula is C14H25N3O2. The molecule has 1 saturated carbocycles. The molecule has 2 fully saturated rings. The van der Waals surface area contributed by atoms with Gasteiger partial charge in [-0.05, 0) is 32.2 Å². The van der Waals surface area contributed by atoms with Gasteiger partial charge in [-0.25, -0.2) is 0 Å². The van der Waals surface area contributed by atoms with E-state index >= 15 is 0 Å². The molecule has 5 heteroatoms.